The van der Waals surface area contributed by atoms with E-state index < -0.39 is 0 Å². The fourth-order valence-electron chi connectivity index (χ4n) is 3.12. The van der Waals surface area contributed by atoms with E-state index in [1.807, 2.05) is 33.1 Å². The Morgan fingerprint density at radius 3 is 2.56 bits per heavy atom. The molecule has 1 atom stereocenters. The summed E-state index contributed by atoms with van der Waals surface area (Å²) in [5, 5.41) is 4.40. The molecule has 6 nitrogen and oxygen atoms in total. The molecule has 0 aromatic rings. The van der Waals surface area contributed by atoms with Gasteiger partial charge in [0.25, 0.3) is 0 Å². The molecule has 1 aliphatic rings. The summed E-state index contributed by atoms with van der Waals surface area (Å²) in [6.07, 6.45) is 14.3. The van der Waals surface area contributed by atoms with E-state index in [4.69, 9.17) is 15.2 Å². The van der Waals surface area contributed by atoms with Crippen LogP contribution in [0.25, 0.3) is 0 Å². The van der Waals surface area contributed by atoms with Gasteiger partial charge in [0.15, 0.2) is 0 Å². The molecule has 0 saturated carbocycles. The minimum atomic E-state index is -0.312. The zero-order valence-electron chi connectivity index (χ0n) is 21.9. The van der Waals surface area contributed by atoms with Crippen LogP contribution in [0, 0.1) is 0 Å². The third-order valence-corrected chi connectivity index (χ3v) is 8.15. The van der Waals surface area contributed by atoms with E-state index in [2.05, 4.69) is 49.3 Å². The van der Waals surface area contributed by atoms with Gasteiger partial charge in [-0.3, -0.25) is 9.79 Å². The lowest BCUT2D eigenvalue weighted by Gasteiger charge is -2.29. The Morgan fingerprint density at radius 1 is 1.21 bits per heavy atom. The van der Waals surface area contributed by atoms with Crippen LogP contribution in [-0.4, -0.2) is 54.9 Å². The molecule has 1 rings (SSSR count). The third-order valence-electron chi connectivity index (χ3n) is 5.38. The molecule has 0 aromatic heterocycles. The van der Waals surface area contributed by atoms with E-state index in [9.17, 15) is 4.79 Å². The van der Waals surface area contributed by atoms with Crippen LogP contribution in [0.2, 0.25) is 0 Å². The molecule has 0 spiro atoms. The van der Waals surface area contributed by atoms with Gasteiger partial charge in [0.2, 0.25) is 5.91 Å². The van der Waals surface area contributed by atoms with Gasteiger partial charge in [0.1, 0.15) is 5.03 Å². The normalized spacial score (nSPS) is 16.1. The highest BCUT2D eigenvalue weighted by Gasteiger charge is 2.22. The van der Waals surface area contributed by atoms with Crippen molar-refractivity contribution in [3.8, 4) is 0 Å². The largest absolute Gasteiger partial charge is 0.375 e. The van der Waals surface area contributed by atoms with Crippen LogP contribution in [0.1, 0.15) is 73.6 Å². The highest BCUT2D eigenvalue weighted by atomic mass is 33.1. The summed E-state index contributed by atoms with van der Waals surface area (Å²) < 4.78 is 11.8. The predicted octanol–water partition coefficient (Wildman–Crippen LogP) is 5.80. The van der Waals surface area contributed by atoms with Crippen molar-refractivity contribution in [2.45, 2.75) is 90.1 Å². The van der Waals surface area contributed by atoms with Gasteiger partial charge in [0.05, 0.1) is 24.4 Å². The number of amides is 1. The number of allylic oxidation sites excluding steroid dienone is 3. The Labute approximate surface area is 215 Å². The van der Waals surface area contributed by atoms with Crippen LogP contribution in [-0.2, 0) is 14.3 Å². The number of aliphatic imine (C=N–C) groups is 1. The maximum Gasteiger partial charge on any atom is 0.223 e. The van der Waals surface area contributed by atoms with Gasteiger partial charge < -0.3 is 20.5 Å². The SMILES string of the molecule is C/C=C(\C=C/CC(=O)NCCC(C)(C)OCCC(C)(C)OCCN)C(C)SSC1=CCCC=N1. The molecular weight excluding hydrogens is 466 g/mol. The van der Waals surface area contributed by atoms with Crippen LogP contribution >= 0.6 is 21.6 Å². The van der Waals surface area contributed by atoms with Crippen LogP contribution in [0.5, 0.6) is 0 Å². The Bertz CT molecular complexity index is 731. The first-order chi connectivity index (χ1) is 16.1. The van der Waals surface area contributed by atoms with Crippen LogP contribution < -0.4 is 11.1 Å². The molecule has 0 aromatic carbocycles. The lowest BCUT2D eigenvalue weighted by Crippen LogP contribution is -2.35. The maximum absolute atomic E-state index is 12.3. The molecule has 0 radical (unpaired) electrons. The second kappa shape index (κ2) is 16.6. The monoisotopic (exact) mass is 511 g/mol. The minimum Gasteiger partial charge on any atom is -0.375 e. The summed E-state index contributed by atoms with van der Waals surface area (Å²) in [6.45, 7) is 14.7. The second-order valence-electron chi connectivity index (χ2n) is 9.50. The quantitative estimate of drug-likeness (QED) is 0.190. The van der Waals surface area contributed by atoms with Crippen LogP contribution in [0.3, 0.4) is 0 Å². The van der Waals surface area contributed by atoms with Crippen LogP contribution in [0.15, 0.2) is 39.9 Å². The van der Waals surface area contributed by atoms with Crippen molar-refractivity contribution in [3.05, 3.63) is 34.9 Å². The molecule has 1 heterocycles. The number of ether oxygens (including phenoxy) is 2. The van der Waals surface area contributed by atoms with Crippen molar-refractivity contribution in [2.24, 2.45) is 10.7 Å². The van der Waals surface area contributed by atoms with E-state index in [-0.39, 0.29) is 17.1 Å². The molecule has 1 aliphatic heterocycles. The predicted molar refractivity (Wildman–Crippen MR) is 149 cm³/mol. The summed E-state index contributed by atoms with van der Waals surface area (Å²) in [5.41, 5.74) is 6.15. The molecule has 0 aliphatic carbocycles. The first-order valence-corrected chi connectivity index (χ1v) is 14.4. The molecule has 0 bridgehead atoms. The summed E-state index contributed by atoms with van der Waals surface area (Å²) in [4.78, 5) is 16.7. The molecule has 0 fully saturated rings. The number of carbonyl (C=O) groups excluding carboxylic acids is 1. The number of hydrogen-bond acceptors (Lipinski definition) is 7. The number of hydrogen-bond donors (Lipinski definition) is 2. The standard InChI is InChI=1S/C26H45N3O3S2/c1-7-22(21(2)33-34-24-13-8-9-17-29-24)11-10-12-23(30)28-18-14-25(3,4)31-19-15-26(5,6)32-20-16-27/h7,10-11,13,17,21H,8-9,12,14-16,18-20,27H2,1-6H3,(H,28,30)/b11-10-,22-7+. The first-order valence-electron chi connectivity index (χ1n) is 12.2. The van der Waals surface area contributed by atoms with Crippen molar-refractivity contribution in [2.75, 3.05) is 26.3 Å². The van der Waals surface area contributed by atoms with Gasteiger partial charge in [-0.15, -0.1) is 0 Å². The topological polar surface area (TPSA) is 85.9 Å². The minimum absolute atomic E-state index is 0.0233. The Kier molecular flexibility index (Phi) is 15.1. The summed E-state index contributed by atoms with van der Waals surface area (Å²) in [7, 11) is 3.50. The van der Waals surface area contributed by atoms with Gasteiger partial charge in [0, 0.05) is 31.0 Å². The molecule has 34 heavy (non-hydrogen) atoms. The van der Waals surface area contributed by atoms with Gasteiger partial charge in [-0.25, -0.2) is 0 Å². The molecular formula is C26H45N3O3S2. The van der Waals surface area contributed by atoms with Crippen molar-refractivity contribution in [1.29, 1.82) is 0 Å². The van der Waals surface area contributed by atoms with Crippen molar-refractivity contribution < 1.29 is 14.3 Å². The summed E-state index contributed by atoms with van der Waals surface area (Å²) in [5.74, 6) is 0.0233. The number of nitrogens with two attached hydrogens (primary N) is 1. The average Bonchev–Trinajstić information content (AvgIpc) is 2.79. The Balaban J connectivity index is 2.28. The highest BCUT2D eigenvalue weighted by Crippen LogP contribution is 2.38. The van der Waals surface area contributed by atoms with Crippen LogP contribution in [0.4, 0.5) is 0 Å². The first kappa shape index (κ1) is 31.0. The average molecular weight is 512 g/mol. The van der Waals surface area contributed by atoms with Gasteiger partial charge in [-0.05, 0) is 83.6 Å². The lowest BCUT2D eigenvalue weighted by molar-refractivity contribution is -0.120. The van der Waals surface area contributed by atoms with E-state index in [1.165, 1.54) is 5.57 Å². The maximum atomic E-state index is 12.3. The summed E-state index contributed by atoms with van der Waals surface area (Å²) >= 11 is 0. The zero-order chi connectivity index (χ0) is 25.5. The second-order valence-corrected chi connectivity index (χ2v) is 12.1. The Morgan fingerprint density at radius 2 is 1.91 bits per heavy atom. The number of rotatable bonds is 17. The molecule has 1 amide bonds. The smallest absolute Gasteiger partial charge is 0.223 e. The van der Waals surface area contributed by atoms with Crippen molar-refractivity contribution >= 4 is 33.7 Å². The fraction of sp³-hybridized carbons (Fsp3) is 0.692. The van der Waals surface area contributed by atoms with E-state index in [0.717, 1.165) is 30.7 Å². The number of nitrogens with one attached hydrogen (secondary N) is 1. The van der Waals surface area contributed by atoms with Gasteiger partial charge >= 0.3 is 0 Å². The van der Waals surface area contributed by atoms with E-state index in [0.29, 0.717) is 38.0 Å². The number of nitrogens with zero attached hydrogens (tertiary/aromatic N) is 1. The van der Waals surface area contributed by atoms with E-state index in [1.54, 1.807) is 21.6 Å². The van der Waals surface area contributed by atoms with Crippen molar-refractivity contribution in [1.82, 2.24) is 5.32 Å². The molecule has 0 saturated heterocycles. The highest BCUT2D eigenvalue weighted by molar-refractivity contribution is 8.78. The van der Waals surface area contributed by atoms with Crippen molar-refractivity contribution in [3.63, 3.8) is 0 Å². The zero-order valence-corrected chi connectivity index (χ0v) is 23.5. The lowest BCUT2D eigenvalue weighted by atomic mass is 10.0. The summed E-state index contributed by atoms with van der Waals surface area (Å²) in [6, 6.07) is 0. The molecule has 1 unspecified atom stereocenters. The fourth-order valence-corrected chi connectivity index (χ4v) is 5.38. The molecule has 3 N–H and O–H groups in total. The van der Waals surface area contributed by atoms with E-state index >= 15 is 0 Å². The number of carbonyl (C=O) groups is 1. The van der Waals surface area contributed by atoms with Gasteiger partial charge in [-0.1, -0.05) is 35.1 Å². The third kappa shape index (κ3) is 14.4. The van der Waals surface area contributed by atoms with Gasteiger partial charge in [-0.2, -0.15) is 0 Å². The Hall–Kier alpha value is -1.06. The molecule has 194 valence electrons. The molecule has 8 heteroatoms.